The normalized spacial score (nSPS) is 9.50. The fourth-order valence-electron chi connectivity index (χ4n) is 2.96. The van der Waals surface area contributed by atoms with E-state index in [-0.39, 0.29) is 38.7 Å². The highest BCUT2D eigenvalue weighted by Gasteiger charge is 2.16. The van der Waals surface area contributed by atoms with Gasteiger partial charge in [-0.15, -0.1) is 0 Å². The van der Waals surface area contributed by atoms with Crippen molar-refractivity contribution in [3.8, 4) is 29.3 Å². The number of methoxy groups -OCH3 is 2. The Balaban J connectivity index is 0.000000342. The zero-order valence-corrected chi connectivity index (χ0v) is 22.1. The van der Waals surface area contributed by atoms with Crippen LogP contribution in [-0.4, -0.2) is 34.2 Å². The van der Waals surface area contributed by atoms with E-state index in [0.29, 0.717) is 10.4 Å². The highest BCUT2D eigenvalue weighted by atomic mass is 19.2. The molecule has 0 unspecified atom stereocenters. The maximum absolute atomic E-state index is 14.0. The second kappa shape index (κ2) is 15.2. The van der Waals surface area contributed by atoms with Gasteiger partial charge >= 0.3 is 5.56 Å². The van der Waals surface area contributed by atoms with Crippen LogP contribution in [0, 0.1) is 65.6 Å². The molecular formula is C26H19F6N6O4-. The van der Waals surface area contributed by atoms with Crippen LogP contribution >= 0.6 is 0 Å². The second-order valence-electron chi connectivity index (χ2n) is 7.73. The highest BCUT2D eigenvalue weighted by molar-refractivity contribution is 5.51. The first-order chi connectivity index (χ1) is 19.4. The highest BCUT2D eigenvalue weighted by Crippen LogP contribution is 2.24. The quantitative estimate of drug-likeness (QED) is 0.343. The van der Waals surface area contributed by atoms with Crippen LogP contribution in [0.4, 0.5) is 22.0 Å². The zero-order valence-electron chi connectivity index (χ0n) is 22.1. The van der Waals surface area contributed by atoms with E-state index in [1.54, 1.807) is 19.1 Å². The minimum atomic E-state index is -1.08. The number of nitrogens with zero attached hydrogens (tertiary/aromatic N) is 5. The topological polar surface area (TPSA) is 147 Å². The molecule has 0 saturated heterocycles. The summed E-state index contributed by atoms with van der Waals surface area (Å²) in [5.41, 5.74) is -1.52. The van der Waals surface area contributed by atoms with Gasteiger partial charge in [0.05, 0.1) is 36.7 Å². The molecule has 220 valence electrons. The first kappa shape index (κ1) is 34.4. The molecule has 1 N–H and O–H groups in total. The number of hydrogen-bond donors (Lipinski definition) is 1. The second-order valence-corrected chi connectivity index (χ2v) is 7.73. The summed E-state index contributed by atoms with van der Waals surface area (Å²) in [6.07, 6.45) is 0. The number of benzene rings is 2. The Labute approximate surface area is 233 Å². The summed E-state index contributed by atoms with van der Waals surface area (Å²) >= 11 is 0. The van der Waals surface area contributed by atoms with Gasteiger partial charge in [-0.05, 0) is 26.0 Å². The molecule has 0 aliphatic rings. The summed E-state index contributed by atoms with van der Waals surface area (Å²) in [7, 11) is 2.58. The maximum atomic E-state index is 14.0. The SMILES string of the molecule is COc1cc(-n2nc(C)cc(F)c2=O)c(F)cc1C#N.COc1cc(F)c(F)cc1C#N.Cc1cc(F)c(=O)[nH]n1.[F-]. The molecule has 0 fully saturated rings. The fraction of sp³-hybridized carbons (Fsp3) is 0.154. The van der Waals surface area contributed by atoms with E-state index in [4.69, 9.17) is 15.3 Å². The molecule has 0 radical (unpaired) electrons. The summed E-state index contributed by atoms with van der Waals surface area (Å²) in [6, 6.07) is 9.15. The Hall–Kier alpha value is -5.64. The van der Waals surface area contributed by atoms with Gasteiger partial charge in [0.15, 0.2) is 29.1 Å². The lowest BCUT2D eigenvalue weighted by Crippen LogP contribution is -3.00. The number of rotatable bonds is 3. The molecule has 0 amide bonds. The van der Waals surface area contributed by atoms with Crippen molar-refractivity contribution in [2.75, 3.05) is 14.2 Å². The standard InChI is InChI=1S/C13H9F2N3O2.C8H5F2NO.C5H5FN2O.FH/c1-7-3-10(15)13(19)18(17-7)11-5-12(20-2)8(6-16)4-9(11)14;1-12-8-3-7(10)6(9)2-5(8)4-11;1-3-2-4(6)5(9)8-7-3;/h3-5H,1-2H3;2-3H,1H3;2H,1H3,(H,8,9);1H/p-1. The van der Waals surface area contributed by atoms with Crippen LogP contribution in [0.15, 0.2) is 46.0 Å². The summed E-state index contributed by atoms with van der Waals surface area (Å²) in [6.45, 7) is 3.07. The summed E-state index contributed by atoms with van der Waals surface area (Å²) in [4.78, 5) is 22.0. The number of aryl methyl sites for hydroxylation is 2. The van der Waals surface area contributed by atoms with E-state index in [0.717, 1.165) is 36.4 Å². The van der Waals surface area contributed by atoms with Gasteiger partial charge < -0.3 is 14.2 Å². The first-order valence-electron chi connectivity index (χ1n) is 11.1. The molecule has 4 aromatic rings. The number of hydrogen-bond acceptors (Lipinski definition) is 8. The fourth-order valence-corrected chi connectivity index (χ4v) is 2.96. The van der Waals surface area contributed by atoms with Gasteiger partial charge in [0.25, 0.3) is 5.56 Å². The van der Waals surface area contributed by atoms with Crippen LogP contribution in [-0.2, 0) is 0 Å². The van der Waals surface area contributed by atoms with E-state index in [1.165, 1.54) is 21.1 Å². The molecule has 2 heterocycles. The number of H-pyrrole nitrogens is 1. The summed E-state index contributed by atoms with van der Waals surface area (Å²) in [5.74, 6) is -4.67. The lowest BCUT2D eigenvalue weighted by Gasteiger charge is -2.10. The van der Waals surface area contributed by atoms with Gasteiger partial charge in [-0.25, -0.2) is 27.1 Å². The molecule has 0 saturated carbocycles. The van der Waals surface area contributed by atoms with Gasteiger partial charge in [-0.1, -0.05) is 0 Å². The predicted octanol–water partition coefficient (Wildman–Crippen LogP) is 0.766. The van der Waals surface area contributed by atoms with Crippen molar-refractivity contribution in [2.45, 2.75) is 13.8 Å². The van der Waals surface area contributed by atoms with Crippen LogP contribution in [0.5, 0.6) is 11.5 Å². The minimum Gasteiger partial charge on any atom is -1.00 e. The molecule has 0 spiro atoms. The first-order valence-corrected chi connectivity index (χ1v) is 11.1. The van der Waals surface area contributed by atoms with Crippen LogP contribution in [0.2, 0.25) is 0 Å². The molecule has 42 heavy (non-hydrogen) atoms. The average Bonchev–Trinajstić information content (AvgIpc) is 2.94. The van der Waals surface area contributed by atoms with E-state index in [1.807, 2.05) is 5.10 Å². The van der Waals surface area contributed by atoms with Gasteiger partial charge in [0.2, 0.25) is 0 Å². The Kier molecular flexibility index (Phi) is 12.5. The van der Waals surface area contributed by atoms with Gasteiger partial charge in [0.1, 0.15) is 29.3 Å². The molecule has 0 bridgehead atoms. The van der Waals surface area contributed by atoms with Crippen LogP contribution in [0.3, 0.4) is 0 Å². The van der Waals surface area contributed by atoms with E-state index in [2.05, 4.69) is 14.9 Å². The third kappa shape index (κ3) is 8.43. The van der Waals surface area contributed by atoms with Crippen molar-refractivity contribution in [1.82, 2.24) is 20.0 Å². The van der Waals surface area contributed by atoms with Crippen LogP contribution < -0.4 is 25.3 Å². The molecule has 0 aliphatic carbocycles. The predicted molar refractivity (Wildman–Crippen MR) is 133 cm³/mol. The zero-order chi connectivity index (χ0) is 30.9. The molecule has 2 aromatic heterocycles. The largest absolute Gasteiger partial charge is 1.00 e. The van der Waals surface area contributed by atoms with E-state index < -0.39 is 40.2 Å². The van der Waals surface area contributed by atoms with Crippen molar-refractivity contribution in [3.05, 3.63) is 109 Å². The minimum absolute atomic E-state index is 0. The molecule has 0 aliphatic heterocycles. The lowest BCUT2D eigenvalue weighted by molar-refractivity contribution is -0.0000127. The van der Waals surface area contributed by atoms with Crippen molar-refractivity contribution >= 4 is 0 Å². The summed E-state index contributed by atoms with van der Waals surface area (Å²) < 4.78 is 74.7. The Bertz CT molecular complexity index is 1780. The smallest absolute Gasteiger partial charge is 0.307 e. The number of aromatic amines is 1. The van der Waals surface area contributed by atoms with Gasteiger partial charge in [0, 0.05) is 24.3 Å². The number of nitriles is 2. The lowest BCUT2D eigenvalue weighted by atomic mass is 10.2. The molecular weight excluding hydrogens is 574 g/mol. The Morgan fingerprint density at radius 3 is 1.74 bits per heavy atom. The number of aromatic nitrogens is 4. The van der Waals surface area contributed by atoms with Crippen molar-refractivity contribution < 1.29 is 36.1 Å². The van der Waals surface area contributed by atoms with Crippen molar-refractivity contribution in [3.63, 3.8) is 0 Å². The van der Waals surface area contributed by atoms with Crippen molar-refractivity contribution in [2.24, 2.45) is 0 Å². The van der Waals surface area contributed by atoms with Crippen LogP contribution in [0.25, 0.3) is 5.69 Å². The monoisotopic (exact) mass is 593 g/mol. The molecule has 16 heteroatoms. The maximum Gasteiger partial charge on any atom is 0.307 e. The number of ether oxygens (including phenoxy) is 2. The van der Waals surface area contributed by atoms with E-state index in [9.17, 15) is 31.5 Å². The Morgan fingerprint density at radius 2 is 1.24 bits per heavy atom. The molecule has 10 nitrogen and oxygen atoms in total. The molecule has 0 atom stereocenters. The number of halogens is 6. The van der Waals surface area contributed by atoms with Crippen LogP contribution in [0.1, 0.15) is 22.5 Å². The van der Waals surface area contributed by atoms with E-state index >= 15 is 0 Å². The summed E-state index contributed by atoms with van der Waals surface area (Å²) in [5, 5.41) is 26.5. The van der Waals surface area contributed by atoms with Gasteiger partial charge in [-0.3, -0.25) is 9.59 Å². The third-order valence-corrected chi connectivity index (χ3v) is 4.86. The molecule has 4 rings (SSSR count). The Morgan fingerprint density at radius 1 is 0.738 bits per heavy atom. The average molecular weight is 593 g/mol. The number of nitrogens with one attached hydrogen (secondary N) is 1. The van der Waals surface area contributed by atoms with Crippen molar-refractivity contribution in [1.29, 1.82) is 10.5 Å². The van der Waals surface area contributed by atoms with Gasteiger partial charge in [-0.2, -0.15) is 25.4 Å². The molecule has 2 aromatic carbocycles. The third-order valence-electron chi connectivity index (χ3n) is 4.86.